The lowest BCUT2D eigenvalue weighted by atomic mass is 9.97. The van der Waals surface area contributed by atoms with E-state index in [1.807, 2.05) is 0 Å². The van der Waals surface area contributed by atoms with Crippen molar-refractivity contribution in [2.24, 2.45) is 5.92 Å². The summed E-state index contributed by atoms with van der Waals surface area (Å²) in [4.78, 5) is 22.5. The summed E-state index contributed by atoms with van der Waals surface area (Å²) in [5, 5.41) is 13.4. The van der Waals surface area contributed by atoms with E-state index >= 15 is 0 Å². The second kappa shape index (κ2) is 7.93. The normalized spacial score (nSPS) is 16.2. The third kappa shape index (κ3) is 4.46. The third-order valence-electron chi connectivity index (χ3n) is 4.31. The summed E-state index contributed by atoms with van der Waals surface area (Å²) in [6.07, 6.45) is 0.800. The molecule has 8 nitrogen and oxygen atoms in total. The number of nitro benzene ring substituents is 1. The lowest BCUT2D eigenvalue weighted by molar-refractivity contribution is -0.384. The van der Waals surface area contributed by atoms with Gasteiger partial charge in [0, 0.05) is 36.8 Å². The number of nitrogens with zero attached hydrogens (tertiary/aromatic N) is 2. The number of nitrogens with one attached hydrogen (secondary N) is 1. The van der Waals surface area contributed by atoms with E-state index in [0.29, 0.717) is 22.9 Å². The van der Waals surface area contributed by atoms with E-state index in [2.05, 4.69) is 5.32 Å². The molecular formula is C16H16ClN3O5S2. The standard InChI is InChI=1S/C16H16ClN3O5S2/c17-14-5-6-15(26-14)27(24,25)19-9-7-11(8-10-19)16(21)18-12-1-3-13(4-2-12)20(22)23/h1-6,11H,7-10H2,(H,18,21). The van der Waals surface area contributed by atoms with Gasteiger partial charge in [-0.3, -0.25) is 14.9 Å². The fourth-order valence-electron chi connectivity index (χ4n) is 2.83. The van der Waals surface area contributed by atoms with Crippen LogP contribution in [0.5, 0.6) is 0 Å². The molecule has 0 atom stereocenters. The van der Waals surface area contributed by atoms with Crippen molar-refractivity contribution in [3.05, 3.63) is 50.8 Å². The molecule has 27 heavy (non-hydrogen) atoms. The van der Waals surface area contributed by atoms with Gasteiger partial charge in [-0.05, 0) is 37.1 Å². The topological polar surface area (TPSA) is 110 Å². The molecule has 144 valence electrons. The highest BCUT2D eigenvalue weighted by Gasteiger charge is 2.32. The van der Waals surface area contributed by atoms with Gasteiger partial charge in [0.15, 0.2) is 0 Å². The lowest BCUT2D eigenvalue weighted by Crippen LogP contribution is -2.41. The summed E-state index contributed by atoms with van der Waals surface area (Å²) >= 11 is 6.83. The van der Waals surface area contributed by atoms with Crippen molar-refractivity contribution in [3.63, 3.8) is 0 Å². The molecule has 0 bridgehead atoms. The van der Waals surface area contributed by atoms with Gasteiger partial charge in [-0.25, -0.2) is 8.42 Å². The summed E-state index contributed by atoms with van der Waals surface area (Å²) in [6, 6.07) is 8.60. The van der Waals surface area contributed by atoms with Gasteiger partial charge in [-0.2, -0.15) is 4.31 Å². The van der Waals surface area contributed by atoms with E-state index in [9.17, 15) is 23.3 Å². The molecule has 1 N–H and O–H groups in total. The van der Waals surface area contributed by atoms with Crippen LogP contribution in [-0.4, -0.2) is 36.6 Å². The van der Waals surface area contributed by atoms with Crippen LogP contribution in [0.3, 0.4) is 0 Å². The molecular weight excluding hydrogens is 414 g/mol. The molecule has 2 aromatic rings. The van der Waals surface area contributed by atoms with E-state index < -0.39 is 14.9 Å². The molecule has 0 saturated carbocycles. The summed E-state index contributed by atoms with van der Waals surface area (Å²) in [5.74, 6) is -0.543. The number of sulfonamides is 1. The fourth-order valence-corrected chi connectivity index (χ4v) is 5.94. The van der Waals surface area contributed by atoms with E-state index in [1.54, 1.807) is 6.07 Å². The fraction of sp³-hybridized carbons (Fsp3) is 0.312. The smallest absolute Gasteiger partial charge is 0.269 e. The van der Waals surface area contributed by atoms with Crippen molar-refractivity contribution in [2.45, 2.75) is 17.1 Å². The Morgan fingerprint density at radius 3 is 2.33 bits per heavy atom. The number of carbonyl (C=O) groups is 1. The van der Waals surface area contributed by atoms with Gasteiger partial charge in [0.05, 0.1) is 9.26 Å². The van der Waals surface area contributed by atoms with Crippen LogP contribution < -0.4 is 5.32 Å². The first kappa shape index (κ1) is 19.7. The third-order valence-corrected chi connectivity index (χ3v) is 7.91. The Kier molecular flexibility index (Phi) is 5.80. The highest BCUT2D eigenvalue weighted by atomic mass is 35.5. The number of rotatable bonds is 5. The number of piperidine rings is 1. The Bertz CT molecular complexity index is 951. The number of amides is 1. The number of hydrogen-bond acceptors (Lipinski definition) is 6. The summed E-state index contributed by atoms with van der Waals surface area (Å²) < 4.78 is 27.1. The van der Waals surface area contributed by atoms with Crippen LogP contribution in [0.4, 0.5) is 11.4 Å². The van der Waals surface area contributed by atoms with Crippen LogP contribution in [-0.2, 0) is 14.8 Å². The van der Waals surface area contributed by atoms with Crippen LogP contribution in [0.2, 0.25) is 4.34 Å². The van der Waals surface area contributed by atoms with E-state index in [1.165, 1.54) is 34.6 Å². The van der Waals surface area contributed by atoms with E-state index in [0.717, 1.165) is 11.3 Å². The number of non-ortho nitro benzene ring substituents is 1. The molecule has 3 rings (SSSR count). The minimum atomic E-state index is -3.59. The number of halogens is 1. The maximum atomic E-state index is 12.6. The maximum Gasteiger partial charge on any atom is 0.269 e. The first-order chi connectivity index (χ1) is 12.8. The van der Waals surface area contributed by atoms with Crippen LogP contribution in [0.1, 0.15) is 12.8 Å². The zero-order valence-electron chi connectivity index (χ0n) is 14.0. The van der Waals surface area contributed by atoms with Crippen molar-refractivity contribution in [2.75, 3.05) is 18.4 Å². The Morgan fingerprint density at radius 2 is 1.81 bits per heavy atom. The zero-order valence-corrected chi connectivity index (χ0v) is 16.4. The molecule has 1 amide bonds. The van der Waals surface area contributed by atoms with Gasteiger partial charge >= 0.3 is 0 Å². The summed E-state index contributed by atoms with van der Waals surface area (Å²) in [7, 11) is -3.59. The van der Waals surface area contributed by atoms with Crippen molar-refractivity contribution < 1.29 is 18.1 Å². The molecule has 1 aliphatic heterocycles. The van der Waals surface area contributed by atoms with Crippen LogP contribution in [0.15, 0.2) is 40.6 Å². The Hall–Kier alpha value is -2.01. The Balaban J connectivity index is 1.58. The van der Waals surface area contributed by atoms with Gasteiger partial charge in [-0.15, -0.1) is 11.3 Å². The number of nitro groups is 1. The molecule has 0 radical (unpaired) electrons. The van der Waals surface area contributed by atoms with Gasteiger partial charge in [0.1, 0.15) is 4.21 Å². The molecule has 2 heterocycles. The first-order valence-corrected chi connectivity index (χ1v) is 10.7. The van der Waals surface area contributed by atoms with Crippen molar-refractivity contribution in [3.8, 4) is 0 Å². The van der Waals surface area contributed by atoms with E-state index in [4.69, 9.17) is 11.6 Å². The van der Waals surface area contributed by atoms with Crippen molar-refractivity contribution >= 4 is 50.2 Å². The molecule has 1 aromatic heterocycles. The molecule has 0 aliphatic carbocycles. The average molecular weight is 430 g/mol. The summed E-state index contributed by atoms with van der Waals surface area (Å²) in [5.41, 5.74) is 0.411. The maximum absolute atomic E-state index is 12.6. The quantitative estimate of drug-likeness (QED) is 0.578. The van der Waals surface area contributed by atoms with E-state index in [-0.39, 0.29) is 34.8 Å². The number of carbonyl (C=O) groups excluding carboxylic acids is 1. The number of benzene rings is 1. The highest BCUT2D eigenvalue weighted by Crippen LogP contribution is 2.30. The van der Waals surface area contributed by atoms with Crippen molar-refractivity contribution in [1.82, 2.24) is 4.31 Å². The summed E-state index contributed by atoms with van der Waals surface area (Å²) in [6.45, 7) is 0.492. The van der Waals surface area contributed by atoms with Crippen LogP contribution in [0, 0.1) is 16.0 Å². The molecule has 0 spiro atoms. The van der Waals surface area contributed by atoms with Crippen LogP contribution >= 0.6 is 22.9 Å². The minimum absolute atomic E-state index is 0.0554. The Labute approximate surface area is 165 Å². The predicted molar refractivity (Wildman–Crippen MR) is 103 cm³/mol. The zero-order chi connectivity index (χ0) is 19.6. The van der Waals surface area contributed by atoms with Gasteiger partial charge < -0.3 is 5.32 Å². The monoisotopic (exact) mass is 429 g/mol. The molecule has 0 unspecified atom stereocenters. The molecule has 1 aliphatic rings. The second-order valence-corrected chi connectivity index (χ2v) is 9.91. The average Bonchev–Trinajstić information content (AvgIpc) is 3.09. The van der Waals surface area contributed by atoms with Gasteiger partial charge in [-0.1, -0.05) is 11.6 Å². The number of hydrogen-bond donors (Lipinski definition) is 1. The molecule has 1 saturated heterocycles. The predicted octanol–water partition coefficient (Wildman–Crippen LogP) is 3.35. The molecule has 11 heteroatoms. The first-order valence-electron chi connectivity index (χ1n) is 8.08. The number of thiophene rings is 1. The highest BCUT2D eigenvalue weighted by molar-refractivity contribution is 7.91. The van der Waals surface area contributed by atoms with Crippen LogP contribution in [0.25, 0.3) is 0 Å². The lowest BCUT2D eigenvalue weighted by Gasteiger charge is -2.30. The largest absolute Gasteiger partial charge is 0.326 e. The minimum Gasteiger partial charge on any atom is -0.326 e. The molecule has 1 fully saturated rings. The number of anilines is 1. The molecule has 1 aromatic carbocycles. The van der Waals surface area contributed by atoms with Crippen molar-refractivity contribution in [1.29, 1.82) is 0 Å². The van der Waals surface area contributed by atoms with Gasteiger partial charge in [0.2, 0.25) is 5.91 Å². The SMILES string of the molecule is O=C(Nc1ccc([N+](=O)[O-])cc1)C1CCN(S(=O)(=O)c2ccc(Cl)s2)CC1. The van der Waals surface area contributed by atoms with Gasteiger partial charge in [0.25, 0.3) is 15.7 Å². The second-order valence-electron chi connectivity index (χ2n) is 6.03. The Morgan fingerprint density at radius 1 is 1.19 bits per heavy atom.